The molecule has 146 valence electrons. The summed E-state index contributed by atoms with van der Waals surface area (Å²) in [5.74, 6) is 5.27. The van der Waals surface area contributed by atoms with Crippen molar-refractivity contribution in [3.63, 3.8) is 0 Å². The summed E-state index contributed by atoms with van der Waals surface area (Å²) in [6, 6.07) is 14.1. The number of ether oxygens (including phenoxy) is 1. The van der Waals surface area contributed by atoms with Gasteiger partial charge in [0.05, 0.1) is 0 Å². The first-order chi connectivity index (χ1) is 13.8. The van der Waals surface area contributed by atoms with Crippen LogP contribution in [-0.2, 0) is 6.42 Å². The number of benzene rings is 1. The van der Waals surface area contributed by atoms with Crippen molar-refractivity contribution in [3.8, 4) is 18.1 Å². The highest BCUT2D eigenvalue weighted by atomic mass is 16.5. The van der Waals surface area contributed by atoms with Gasteiger partial charge in [-0.15, -0.1) is 6.42 Å². The van der Waals surface area contributed by atoms with Gasteiger partial charge in [-0.25, -0.2) is 4.98 Å². The highest BCUT2D eigenvalue weighted by Crippen LogP contribution is 2.13. The molecule has 0 aliphatic carbocycles. The molecule has 1 aromatic heterocycles. The van der Waals surface area contributed by atoms with Crippen molar-refractivity contribution in [2.24, 2.45) is 4.99 Å². The van der Waals surface area contributed by atoms with Crippen LogP contribution < -0.4 is 15.0 Å². The van der Waals surface area contributed by atoms with Gasteiger partial charge in [-0.1, -0.05) is 24.1 Å². The largest absolute Gasteiger partial charge is 0.481 e. The van der Waals surface area contributed by atoms with E-state index in [1.165, 1.54) is 5.56 Å². The van der Waals surface area contributed by atoms with E-state index in [-0.39, 0.29) is 0 Å². The number of pyridine rings is 1. The highest BCUT2D eigenvalue weighted by Gasteiger charge is 2.20. The Hall–Kier alpha value is -3.20. The molecule has 1 N–H and O–H groups in total. The van der Waals surface area contributed by atoms with Crippen molar-refractivity contribution in [3.05, 3.63) is 54.2 Å². The van der Waals surface area contributed by atoms with Gasteiger partial charge in [0.15, 0.2) is 5.96 Å². The molecule has 1 aliphatic rings. The van der Waals surface area contributed by atoms with E-state index in [1.54, 1.807) is 0 Å². The van der Waals surface area contributed by atoms with Crippen molar-refractivity contribution in [2.75, 3.05) is 51.3 Å². The van der Waals surface area contributed by atoms with Gasteiger partial charge in [0.25, 0.3) is 0 Å². The zero-order valence-electron chi connectivity index (χ0n) is 16.3. The van der Waals surface area contributed by atoms with E-state index >= 15 is 0 Å². The maximum atomic E-state index is 5.40. The Morgan fingerprint density at radius 2 is 1.96 bits per heavy atom. The molecule has 1 fully saturated rings. The van der Waals surface area contributed by atoms with E-state index in [0.717, 1.165) is 56.7 Å². The van der Waals surface area contributed by atoms with Crippen LogP contribution in [0.3, 0.4) is 0 Å². The Kier molecular flexibility index (Phi) is 7.14. The number of anilines is 1. The molecule has 2 heterocycles. The lowest BCUT2D eigenvalue weighted by atomic mass is 10.1. The van der Waals surface area contributed by atoms with E-state index in [0.29, 0.717) is 6.61 Å². The van der Waals surface area contributed by atoms with E-state index in [1.807, 2.05) is 37.5 Å². The molecule has 0 unspecified atom stereocenters. The quantitative estimate of drug-likeness (QED) is 0.474. The van der Waals surface area contributed by atoms with Crippen molar-refractivity contribution in [1.29, 1.82) is 0 Å². The average molecular weight is 377 g/mol. The molecule has 2 aromatic rings. The van der Waals surface area contributed by atoms with E-state index in [4.69, 9.17) is 11.2 Å². The van der Waals surface area contributed by atoms with Crippen molar-refractivity contribution < 1.29 is 4.74 Å². The Labute approximate surface area is 167 Å². The Bertz CT molecular complexity index is 790. The summed E-state index contributed by atoms with van der Waals surface area (Å²) in [5.41, 5.74) is 1.25. The molecule has 6 nitrogen and oxygen atoms in total. The Balaban J connectivity index is 1.43. The van der Waals surface area contributed by atoms with Crippen LogP contribution in [0.25, 0.3) is 0 Å². The second kappa shape index (κ2) is 10.2. The standard InChI is InChI=1S/C22H27N5O/c1-3-18-28-20-9-7-19(8-10-20)11-13-25-22(23-2)27-16-14-26(15-17-27)21-6-4-5-12-24-21/h1,4-10,12H,11,13-18H2,2H3,(H,23,25). The van der Waals surface area contributed by atoms with Gasteiger partial charge < -0.3 is 19.9 Å². The van der Waals surface area contributed by atoms with Gasteiger partial charge in [0, 0.05) is 46.0 Å². The summed E-state index contributed by atoms with van der Waals surface area (Å²) < 4.78 is 5.40. The van der Waals surface area contributed by atoms with Crippen LogP contribution in [0.15, 0.2) is 53.7 Å². The molecule has 1 aliphatic heterocycles. The minimum Gasteiger partial charge on any atom is -0.481 e. The number of aromatic nitrogens is 1. The van der Waals surface area contributed by atoms with Crippen molar-refractivity contribution in [2.45, 2.75) is 6.42 Å². The Morgan fingerprint density at radius 3 is 2.61 bits per heavy atom. The van der Waals surface area contributed by atoms with Crippen LogP contribution in [-0.4, -0.2) is 62.2 Å². The maximum Gasteiger partial charge on any atom is 0.193 e. The molecule has 6 heteroatoms. The van der Waals surface area contributed by atoms with Gasteiger partial charge >= 0.3 is 0 Å². The second-order valence-electron chi connectivity index (χ2n) is 6.52. The van der Waals surface area contributed by atoms with E-state index in [2.05, 4.69) is 49.2 Å². The topological polar surface area (TPSA) is 53.0 Å². The summed E-state index contributed by atoms with van der Waals surface area (Å²) in [5, 5.41) is 3.48. The molecule has 0 atom stereocenters. The predicted molar refractivity (Wildman–Crippen MR) is 114 cm³/mol. The highest BCUT2D eigenvalue weighted by molar-refractivity contribution is 5.80. The van der Waals surface area contributed by atoms with Crippen LogP contribution in [0.1, 0.15) is 5.56 Å². The summed E-state index contributed by atoms with van der Waals surface area (Å²) in [6.07, 6.45) is 7.97. The van der Waals surface area contributed by atoms with Crippen molar-refractivity contribution >= 4 is 11.8 Å². The lowest BCUT2D eigenvalue weighted by Crippen LogP contribution is -2.53. The van der Waals surface area contributed by atoms with Gasteiger partial charge in [-0.05, 0) is 36.2 Å². The third-order valence-electron chi connectivity index (χ3n) is 4.71. The van der Waals surface area contributed by atoms with E-state index < -0.39 is 0 Å². The number of piperazine rings is 1. The van der Waals surface area contributed by atoms with Crippen molar-refractivity contribution in [1.82, 2.24) is 15.2 Å². The minimum absolute atomic E-state index is 0.296. The zero-order valence-corrected chi connectivity index (χ0v) is 16.3. The van der Waals surface area contributed by atoms with Crippen LogP contribution in [0.4, 0.5) is 5.82 Å². The SMILES string of the molecule is C#CCOc1ccc(CCNC(=NC)N2CCN(c3ccccn3)CC2)cc1. The minimum atomic E-state index is 0.296. The molecular weight excluding hydrogens is 350 g/mol. The maximum absolute atomic E-state index is 5.40. The number of terminal acetylenes is 1. The Morgan fingerprint density at radius 1 is 1.18 bits per heavy atom. The summed E-state index contributed by atoms with van der Waals surface area (Å²) >= 11 is 0. The van der Waals surface area contributed by atoms with Crippen LogP contribution in [0.5, 0.6) is 5.75 Å². The molecule has 1 saturated heterocycles. The summed E-state index contributed by atoms with van der Waals surface area (Å²) in [4.78, 5) is 13.5. The normalized spacial score (nSPS) is 14.5. The van der Waals surface area contributed by atoms with Gasteiger partial charge in [-0.3, -0.25) is 4.99 Å². The molecule has 0 radical (unpaired) electrons. The molecule has 0 bridgehead atoms. The fourth-order valence-electron chi connectivity index (χ4n) is 3.22. The number of hydrogen-bond donors (Lipinski definition) is 1. The molecule has 0 amide bonds. The predicted octanol–water partition coefficient (Wildman–Crippen LogP) is 2.03. The van der Waals surface area contributed by atoms with Gasteiger partial charge in [0.1, 0.15) is 18.2 Å². The number of guanidine groups is 1. The third kappa shape index (κ3) is 5.40. The van der Waals surface area contributed by atoms with E-state index in [9.17, 15) is 0 Å². The lowest BCUT2D eigenvalue weighted by molar-refractivity contribution is 0.370. The average Bonchev–Trinajstić information content (AvgIpc) is 2.77. The first-order valence-electron chi connectivity index (χ1n) is 9.57. The molecule has 0 saturated carbocycles. The number of nitrogens with zero attached hydrogens (tertiary/aromatic N) is 4. The lowest BCUT2D eigenvalue weighted by Gasteiger charge is -2.37. The monoisotopic (exact) mass is 377 g/mol. The number of rotatable bonds is 6. The molecular formula is C22H27N5O. The summed E-state index contributed by atoms with van der Waals surface area (Å²) in [7, 11) is 1.84. The first-order valence-corrected chi connectivity index (χ1v) is 9.57. The number of hydrogen-bond acceptors (Lipinski definition) is 4. The zero-order chi connectivity index (χ0) is 19.6. The fourth-order valence-corrected chi connectivity index (χ4v) is 3.22. The molecule has 0 spiro atoms. The van der Waals surface area contributed by atoms with Crippen LogP contribution in [0.2, 0.25) is 0 Å². The van der Waals surface area contributed by atoms with Gasteiger partial charge in [0.2, 0.25) is 0 Å². The summed E-state index contributed by atoms with van der Waals surface area (Å²) in [6.45, 7) is 4.87. The first kappa shape index (κ1) is 19.6. The second-order valence-corrected chi connectivity index (χ2v) is 6.52. The van der Waals surface area contributed by atoms with Gasteiger partial charge in [-0.2, -0.15) is 0 Å². The molecule has 1 aromatic carbocycles. The number of aliphatic imine (C=N–C) groups is 1. The number of nitrogens with one attached hydrogen (secondary N) is 1. The van der Waals surface area contributed by atoms with Crippen LogP contribution in [0, 0.1) is 12.3 Å². The fraction of sp³-hybridized carbons (Fsp3) is 0.364. The molecule has 28 heavy (non-hydrogen) atoms. The smallest absolute Gasteiger partial charge is 0.193 e. The third-order valence-corrected chi connectivity index (χ3v) is 4.71. The van der Waals surface area contributed by atoms with Crippen LogP contribution >= 0.6 is 0 Å². The molecule has 3 rings (SSSR count).